The minimum atomic E-state index is 0.556. The van der Waals surface area contributed by atoms with Gasteiger partial charge >= 0.3 is 0 Å². The van der Waals surface area contributed by atoms with Gasteiger partial charge in [-0.3, -0.25) is 0 Å². The molecule has 0 radical (unpaired) electrons. The van der Waals surface area contributed by atoms with E-state index in [1.54, 1.807) is 0 Å². The van der Waals surface area contributed by atoms with Crippen molar-refractivity contribution in [3.63, 3.8) is 0 Å². The molecule has 56 heavy (non-hydrogen) atoms. The minimum absolute atomic E-state index is 0.556. The van der Waals surface area contributed by atoms with E-state index in [-0.39, 0.29) is 0 Å². The standard InChI is InChI=1S/C51H29N3O2/c1-2-11-33-27-35(22-17-30(33)9-1)49-52-50(36-23-24-40-39-13-5-7-15-43(39)56-46(40)29-36)54-51(53-49)48-38(25-26-45-47(48)41-14-6-8-16-44(41)55-45)34-21-20-32-19-18-31-10-3-4-12-37(31)42(32)28-34/h1-29H. The van der Waals surface area contributed by atoms with Crippen LogP contribution in [0.4, 0.5) is 0 Å². The van der Waals surface area contributed by atoms with Gasteiger partial charge in [0.25, 0.3) is 0 Å². The Labute approximate surface area is 320 Å². The van der Waals surface area contributed by atoms with Crippen LogP contribution in [-0.4, -0.2) is 15.0 Å². The third kappa shape index (κ3) is 4.78. The Kier molecular flexibility index (Phi) is 6.56. The Hall–Kier alpha value is -7.63. The molecule has 0 bridgehead atoms. The fourth-order valence-corrected chi connectivity index (χ4v) is 8.40. The summed E-state index contributed by atoms with van der Waals surface area (Å²) in [5, 5.41) is 11.2. The number of rotatable bonds is 4. The van der Waals surface area contributed by atoms with Crippen molar-refractivity contribution in [1.29, 1.82) is 0 Å². The zero-order valence-corrected chi connectivity index (χ0v) is 29.9. The summed E-state index contributed by atoms with van der Waals surface area (Å²) in [6.45, 7) is 0. The zero-order valence-electron chi connectivity index (χ0n) is 29.9. The molecule has 3 heterocycles. The van der Waals surface area contributed by atoms with Gasteiger partial charge < -0.3 is 8.83 Å². The lowest BCUT2D eigenvalue weighted by Gasteiger charge is -2.14. The Morgan fingerprint density at radius 2 is 0.857 bits per heavy atom. The topological polar surface area (TPSA) is 65.0 Å². The van der Waals surface area contributed by atoms with E-state index < -0.39 is 0 Å². The predicted molar refractivity (Wildman–Crippen MR) is 229 cm³/mol. The fraction of sp³-hybridized carbons (Fsp3) is 0. The molecule has 0 aliphatic rings. The summed E-state index contributed by atoms with van der Waals surface area (Å²) in [4.78, 5) is 15.9. The van der Waals surface area contributed by atoms with Crippen molar-refractivity contribution >= 4 is 76.2 Å². The first-order chi connectivity index (χ1) is 27.7. The molecule has 9 aromatic carbocycles. The summed E-state index contributed by atoms with van der Waals surface area (Å²) in [6, 6.07) is 61.1. The molecule has 0 N–H and O–H groups in total. The van der Waals surface area contributed by atoms with Gasteiger partial charge in [0.1, 0.15) is 22.3 Å². The Morgan fingerprint density at radius 1 is 0.304 bits per heavy atom. The van der Waals surface area contributed by atoms with Crippen LogP contribution in [0.5, 0.6) is 0 Å². The van der Waals surface area contributed by atoms with E-state index in [2.05, 4.69) is 140 Å². The molecule has 0 unspecified atom stereocenters. The average molecular weight is 716 g/mol. The first-order valence-corrected chi connectivity index (χ1v) is 18.8. The van der Waals surface area contributed by atoms with Crippen molar-refractivity contribution in [2.24, 2.45) is 0 Å². The number of aromatic nitrogens is 3. The van der Waals surface area contributed by atoms with Gasteiger partial charge in [0.05, 0.1) is 0 Å². The van der Waals surface area contributed by atoms with E-state index in [4.69, 9.17) is 23.8 Å². The van der Waals surface area contributed by atoms with Crippen LogP contribution >= 0.6 is 0 Å². The first kappa shape index (κ1) is 30.8. The lowest BCUT2D eigenvalue weighted by Crippen LogP contribution is -2.01. The maximum Gasteiger partial charge on any atom is 0.165 e. The number of furan rings is 2. The van der Waals surface area contributed by atoms with E-state index in [9.17, 15) is 0 Å². The maximum absolute atomic E-state index is 6.50. The number of fused-ring (bicyclic) bond motifs is 10. The maximum atomic E-state index is 6.50. The van der Waals surface area contributed by atoms with Crippen LogP contribution in [0.3, 0.4) is 0 Å². The van der Waals surface area contributed by atoms with Crippen LogP contribution in [0.15, 0.2) is 185 Å². The SMILES string of the molecule is c1ccc2cc(-c3nc(-c4ccc5c(c4)oc4ccccc45)nc(-c4c(-c5ccc6ccc7ccccc7c6c5)ccc5oc6ccccc6c45)n3)ccc2c1. The van der Waals surface area contributed by atoms with Crippen LogP contribution in [-0.2, 0) is 0 Å². The van der Waals surface area contributed by atoms with E-state index in [1.165, 1.54) is 21.5 Å². The van der Waals surface area contributed by atoms with Crippen molar-refractivity contribution in [2.75, 3.05) is 0 Å². The van der Waals surface area contributed by atoms with E-state index in [0.29, 0.717) is 17.5 Å². The number of hydrogen-bond donors (Lipinski definition) is 0. The van der Waals surface area contributed by atoms with Gasteiger partial charge in [0.15, 0.2) is 17.5 Å². The number of benzene rings is 9. The molecule has 0 amide bonds. The van der Waals surface area contributed by atoms with E-state index in [0.717, 1.165) is 82.5 Å². The number of nitrogens with zero attached hydrogens (tertiary/aromatic N) is 3. The molecule has 12 rings (SSSR count). The molecule has 0 spiro atoms. The second kappa shape index (κ2) is 11.9. The molecule has 0 saturated carbocycles. The summed E-state index contributed by atoms with van der Waals surface area (Å²) in [5.74, 6) is 1.70. The molecule has 12 aromatic rings. The summed E-state index contributed by atoms with van der Waals surface area (Å²) < 4.78 is 12.9. The average Bonchev–Trinajstić information content (AvgIpc) is 3.83. The van der Waals surface area contributed by atoms with Crippen LogP contribution in [0.2, 0.25) is 0 Å². The van der Waals surface area contributed by atoms with Crippen LogP contribution in [0, 0.1) is 0 Å². The largest absolute Gasteiger partial charge is 0.456 e. The molecule has 5 heteroatoms. The highest BCUT2D eigenvalue weighted by Gasteiger charge is 2.23. The highest BCUT2D eigenvalue weighted by molar-refractivity contribution is 6.16. The molecular weight excluding hydrogens is 687 g/mol. The van der Waals surface area contributed by atoms with Gasteiger partial charge in [-0.2, -0.15) is 0 Å². The second-order valence-electron chi connectivity index (χ2n) is 14.4. The van der Waals surface area contributed by atoms with Crippen LogP contribution in [0.25, 0.3) is 121 Å². The van der Waals surface area contributed by atoms with Gasteiger partial charge in [-0.05, 0) is 92.0 Å². The Balaban J connectivity index is 1.16. The molecule has 3 aromatic heterocycles. The second-order valence-corrected chi connectivity index (χ2v) is 14.4. The van der Waals surface area contributed by atoms with Crippen molar-refractivity contribution in [1.82, 2.24) is 15.0 Å². The van der Waals surface area contributed by atoms with Gasteiger partial charge in [-0.1, -0.05) is 127 Å². The smallest absolute Gasteiger partial charge is 0.165 e. The summed E-state index contributed by atoms with van der Waals surface area (Å²) >= 11 is 0. The quantitative estimate of drug-likeness (QED) is 0.170. The first-order valence-electron chi connectivity index (χ1n) is 18.8. The van der Waals surface area contributed by atoms with Gasteiger partial charge in [0.2, 0.25) is 0 Å². The molecular formula is C51H29N3O2. The number of hydrogen-bond acceptors (Lipinski definition) is 5. The third-order valence-electron chi connectivity index (χ3n) is 11.1. The van der Waals surface area contributed by atoms with Crippen LogP contribution < -0.4 is 0 Å². The minimum Gasteiger partial charge on any atom is -0.456 e. The van der Waals surface area contributed by atoms with Crippen molar-refractivity contribution < 1.29 is 8.83 Å². The summed E-state index contributed by atoms with van der Waals surface area (Å²) in [6.07, 6.45) is 0. The molecule has 5 nitrogen and oxygen atoms in total. The van der Waals surface area contributed by atoms with E-state index in [1.807, 2.05) is 36.4 Å². The lowest BCUT2D eigenvalue weighted by atomic mass is 9.92. The van der Waals surface area contributed by atoms with E-state index >= 15 is 0 Å². The van der Waals surface area contributed by atoms with Crippen molar-refractivity contribution in [2.45, 2.75) is 0 Å². The molecule has 0 aliphatic carbocycles. The predicted octanol–water partition coefficient (Wildman–Crippen LogP) is 13.8. The van der Waals surface area contributed by atoms with Gasteiger partial charge in [0, 0.05) is 38.2 Å². The zero-order chi connectivity index (χ0) is 36.7. The van der Waals surface area contributed by atoms with Gasteiger partial charge in [-0.15, -0.1) is 0 Å². The van der Waals surface area contributed by atoms with Crippen LogP contribution in [0.1, 0.15) is 0 Å². The Morgan fingerprint density at radius 3 is 1.70 bits per heavy atom. The highest BCUT2D eigenvalue weighted by Crippen LogP contribution is 2.44. The highest BCUT2D eigenvalue weighted by atomic mass is 16.3. The third-order valence-corrected chi connectivity index (χ3v) is 11.1. The number of para-hydroxylation sites is 2. The van der Waals surface area contributed by atoms with Crippen molar-refractivity contribution in [3.05, 3.63) is 176 Å². The summed E-state index contributed by atoms with van der Waals surface area (Å²) in [5.41, 5.74) is 7.92. The lowest BCUT2D eigenvalue weighted by molar-refractivity contribution is 0.668. The fourth-order valence-electron chi connectivity index (χ4n) is 8.40. The molecule has 0 aliphatic heterocycles. The monoisotopic (exact) mass is 715 g/mol. The molecule has 0 fully saturated rings. The molecule has 0 saturated heterocycles. The van der Waals surface area contributed by atoms with Crippen molar-refractivity contribution in [3.8, 4) is 45.3 Å². The molecule has 0 atom stereocenters. The normalized spacial score (nSPS) is 11.9. The summed E-state index contributed by atoms with van der Waals surface area (Å²) in [7, 11) is 0. The Bertz CT molecular complexity index is 3560. The van der Waals surface area contributed by atoms with Gasteiger partial charge in [-0.25, -0.2) is 15.0 Å². The molecule has 260 valence electrons.